The normalized spacial score (nSPS) is 10.8. The number of aromatic nitrogens is 1. The van der Waals surface area contributed by atoms with E-state index in [0.717, 1.165) is 34.9 Å². The zero-order chi connectivity index (χ0) is 14.4. The molecule has 20 heavy (non-hydrogen) atoms. The lowest BCUT2D eigenvalue weighted by molar-refractivity contribution is 0.291. The zero-order valence-corrected chi connectivity index (χ0v) is 11.8. The van der Waals surface area contributed by atoms with Gasteiger partial charge < -0.3 is 19.7 Å². The van der Waals surface area contributed by atoms with Crippen LogP contribution in [0.2, 0.25) is 0 Å². The molecule has 2 rings (SSSR count). The highest BCUT2D eigenvalue weighted by Crippen LogP contribution is 2.17. The van der Waals surface area contributed by atoms with Crippen molar-refractivity contribution in [2.45, 2.75) is 27.0 Å². The maximum atomic E-state index is 8.70. The summed E-state index contributed by atoms with van der Waals surface area (Å²) in [6.07, 6.45) is 0. The first-order valence-electron chi connectivity index (χ1n) is 6.65. The molecule has 2 aromatic rings. The maximum Gasteiger partial charge on any atom is 0.140 e. The van der Waals surface area contributed by atoms with Crippen LogP contribution in [0, 0.1) is 13.8 Å². The minimum Gasteiger partial charge on any atom is -0.489 e. The Kier molecular flexibility index (Phi) is 5.15. The summed E-state index contributed by atoms with van der Waals surface area (Å²) in [7, 11) is 0. The van der Waals surface area contributed by atoms with Crippen molar-refractivity contribution in [1.29, 1.82) is 0 Å². The minimum atomic E-state index is 0.151. The molecule has 0 saturated carbocycles. The molecule has 0 spiro atoms. The largest absolute Gasteiger partial charge is 0.489 e. The molecule has 0 aliphatic heterocycles. The Morgan fingerprint density at radius 3 is 2.60 bits per heavy atom. The van der Waals surface area contributed by atoms with E-state index in [1.54, 1.807) is 0 Å². The van der Waals surface area contributed by atoms with Crippen LogP contribution in [0.1, 0.15) is 22.6 Å². The topological polar surface area (TPSA) is 67.5 Å². The van der Waals surface area contributed by atoms with Gasteiger partial charge in [0.2, 0.25) is 0 Å². The van der Waals surface area contributed by atoms with Crippen molar-refractivity contribution in [3.05, 3.63) is 46.8 Å². The lowest BCUT2D eigenvalue weighted by Gasteiger charge is -2.07. The number of hydrogen-bond acceptors (Lipinski definition) is 5. The molecular weight excluding hydrogens is 256 g/mol. The Balaban J connectivity index is 1.88. The summed E-state index contributed by atoms with van der Waals surface area (Å²) < 4.78 is 10.8. The summed E-state index contributed by atoms with van der Waals surface area (Å²) in [6.45, 7) is 5.75. The standard InChI is InChI=1S/C15H20N2O3/c1-11-15(12(2)20-17-11)10-19-14-5-3-13(4-6-14)9-16-7-8-18/h3-6,16,18H,7-10H2,1-2H3. The second-order valence-corrected chi connectivity index (χ2v) is 4.64. The van der Waals surface area contributed by atoms with Crippen LogP contribution in [0.4, 0.5) is 0 Å². The van der Waals surface area contributed by atoms with Gasteiger partial charge in [0, 0.05) is 13.1 Å². The number of benzene rings is 1. The van der Waals surface area contributed by atoms with E-state index in [1.165, 1.54) is 0 Å². The van der Waals surface area contributed by atoms with E-state index in [2.05, 4.69) is 10.5 Å². The number of aliphatic hydroxyl groups is 1. The van der Waals surface area contributed by atoms with Crippen LogP contribution in [0.15, 0.2) is 28.8 Å². The van der Waals surface area contributed by atoms with Crippen molar-refractivity contribution >= 4 is 0 Å². The molecule has 0 aliphatic rings. The predicted octanol–water partition coefficient (Wildman–Crippen LogP) is 1.95. The van der Waals surface area contributed by atoms with Gasteiger partial charge >= 0.3 is 0 Å². The van der Waals surface area contributed by atoms with Gasteiger partial charge in [0.05, 0.1) is 17.9 Å². The molecule has 0 radical (unpaired) electrons. The number of nitrogens with zero attached hydrogens (tertiary/aromatic N) is 1. The highest BCUT2D eigenvalue weighted by atomic mass is 16.5. The first-order valence-corrected chi connectivity index (χ1v) is 6.65. The lowest BCUT2D eigenvalue weighted by atomic mass is 10.2. The molecule has 1 heterocycles. The number of ether oxygens (including phenoxy) is 1. The Labute approximate surface area is 118 Å². The molecule has 5 heteroatoms. The number of nitrogens with one attached hydrogen (secondary N) is 1. The van der Waals surface area contributed by atoms with Crippen LogP contribution >= 0.6 is 0 Å². The summed E-state index contributed by atoms with van der Waals surface area (Å²) in [6, 6.07) is 7.89. The Bertz CT molecular complexity index is 515. The van der Waals surface area contributed by atoms with Crippen LogP contribution in [-0.2, 0) is 13.2 Å². The monoisotopic (exact) mass is 276 g/mol. The zero-order valence-electron chi connectivity index (χ0n) is 11.8. The van der Waals surface area contributed by atoms with Crippen LogP contribution < -0.4 is 10.1 Å². The van der Waals surface area contributed by atoms with Gasteiger partial charge in [-0.1, -0.05) is 17.3 Å². The summed E-state index contributed by atoms with van der Waals surface area (Å²) in [5.74, 6) is 1.61. The summed E-state index contributed by atoms with van der Waals surface area (Å²) in [5.41, 5.74) is 3.02. The third kappa shape index (κ3) is 3.82. The first kappa shape index (κ1) is 14.6. The lowest BCUT2D eigenvalue weighted by Crippen LogP contribution is -2.17. The van der Waals surface area contributed by atoms with Gasteiger partial charge in [0.25, 0.3) is 0 Å². The van der Waals surface area contributed by atoms with Crippen molar-refractivity contribution in [1.82, 2.24) is 10.5 Å². The Hall–Kier alpha value is -1.85. The predicted molar refractivity (Wildman–Crippen MR) is 75.5 cm³/mol. The van der Waals surface area contributed by atoms with Crippen molar-refractivity contribution in [3.63, 3.8) is 0 Å². The van der Waals surface area contributed by atoms with E-state index in [0.29, 0.717) is 13.2 Å². The van der Waals surface area contributed by atoms with Gasteiger partial charge in [-0.3, -0.25) is 0 Å². The van der Waals surface area contributed by atoms with Gasteiger partial charge in [-0.15, -0.1) is 0 Å². The third-order valence-corrected chi connectivity index (χ3v) is 3.11. The highest BCUT2D eigenvalue weighted by molar-refractivity contribution is 5.28. The van der Waals surface area contributed by atoms with Gasteiger partial charge in [0.15, 0.2) is 0 Å². The van der Waals surface area contributed by atoms with Gasteiger partial charge in [-0.05, 0) is 31.5 Å². The van der Waals surface area contributed by atoms with Gasteiger partial charge in [0.1, 0.15) is 18.1 Å². The Morgan fingerprint density at radius 2 is 2.00 bits per heavy atom. The molecule has 1 aromatic heterocycles. The minimum absolute atomic E-state index is 0.151. The molecule has 1 aromatic carbocycles. The molecule has 2 N–H and O–H groups in total. The van der Waals surface area contributed by atoms with Crippen molar-refractivity contribution in [2.24, 2.45) is 0 Å². The van der Waals surface area contributed by atoms with Crippen molar-refractivity contribution in [3.8, 4) is 5.75 Å². The number of aliphatic hydroxyl groups excluding tert-OH is 1. The maximum absolute atomic E-state index is 8.70. The molecule has 0 unspecified atom stereocenters. The van der Waals surface area contributed by atoms with E-state index in [9.17, 15) is 0 Å². The van der Waals surface area contributed by atoms with Crippen LogP contribution in [0.5, 0.6) is 5.75 Å². The van der Waals surface area contributed by atoms with E-state index in [1.807, 2.05) is 38.1 Å². The first-order chi connectivity index (χ1) is 9.70. The average molecular weight is 276 g/mol. The molecule has 0 fully saturated rings. The number of aryl methyl sites for hydroxylation is 2. The SMILES string of the molecule is Cc1noc(C)c1COc1ccc(CNCCO)cc1. The quantitative estimate of drug-likeness (QED) is 0.757. The third-order valence-electron chi connectivity index (χ3n) is 3.11. The molecule has 0 atom stereocenters. The summed E-state index contributed by atoms with van der Waals surface area (Å²) in [5, 5.41) is 15.7. The average Bonchev–Trinajstić information content (AvgIpc) is 2.78. The fraction of sp³-hybridized carbons (Fsp3) is 0.400. The molecule has 0 aliphatic carbocycles. The van der Waals surface area contributed by atoms with E-state index >= 15 is 0 Å². The van der Waals surface area contributed by atoms with Crippen LogP contribution in [0.3, 0.4) is 0 Å². The number of rotatable bonds is 7. The van der Waals surface area contributed by atoms with E-state index in [4.69, 9.17) is 14.4 Å². The number of hydrogen-bond donors (Lipinski definition) is 2. The molecule has 108 valence electrons. The van der Waals surface area contributed by atoms with Crippen LogP contribution in [0.25, 0.3) is 0 Å². The van der Waals surface area contributed by atoms with Crippen molar-refractivity contribution in [2.75, 3.05) is 13.2 Å². The Morgan fingerprint density at radius 1 is 1.25 bits per heavy atom. The highest BCUT2D eigenvalue weighted by Gasteiger charge is 2.09. The van der Waals surface area contributed by atoms with Gasteiger partial charge in [-0.2, -0.15) is 0 Å². The summed E-state index contributed by atoms with van der Waals surface area (Å²) >= 11 is 0. The second kappa shape index (κ2) is 7.07. The van der Waals surface area contributed by atoms with E-state index < -0.39 is 0 Å². The molecule has 0 amide bonds. The molecule has 5 nitrogen and oxygen atoms in total. The smallest absolute Gasteiger partial charge is 0.140 e. The summed E-state index contributed by atoms with van der Waals surface area (Å²) in [4.78, 5) is 0. The molecular formula is C15H20N2O3. The molecule has 0 bridgehead atoms. The van der Waals surface area contributed by atoms with E-state index in [-0.39, 0.29) is 6.61 Å². The fourth-order valence-electron chi connectivity index (χ4n) is 1.88. The van der Waals surface area contributed by atoms with Crippen LogP contribution in [-0.4, -0.2) is 23.4 Å². The van der Waals surface area contributed by atoms with Gasteiger partial charge in [-0.25, -0.2) is 0 Å². The fourth-order valence-corrected chi connectivity index (χ4v) is 1.88. The second-order valence-electron chi connectivity index (χ2n) is 4.64. The van der Waals surface area contributed by atoms with Crippen molar-refractivity contribution < 1.29 is 14.4 Å². The molecule has 0 saturated heterocycles.